The van der Waals surface area contributed by atoms with Crippen LogP contribution >= 0.6 is 0 Å². The second-order valence-electron chi connectivity index (χ2n) is 9.31. The van der Waals surface area contributed by atoms with Crippen molar-refractivity contribution in [1.29, 1.82) is 0 Å². The van der Waals surface area contributed by atoms with Gasteiger partial charge >= 0.3 is 0 Å². The number of amides is 1. The molecule has 1 saturated heterocycles. The SMILES string of the molecule is Cc1ccc2c(N3CCC(N(C)C)CC3)ccc(C(=O)Nc3cc(F)c4nc(C)cn4c3)c2n1. The summed E-state index contributed by atoms with van der Waals surface area (Å²) in [6.45, 7) is 5.64. The molecule has 34 heavy (non-hydrogen) atoms. The monoisotopic (exact) mass is 460 g/mol. The number of hydrogen-bond acceptors (Lipinski definition) is 5. The van der Waals surface area contributed by atoms with Crippen molar-refractivity contribution >= 4 is 33.8 Å². The summed E-state index contributed by atoms with van der Waals surface area (Å²) < 4.78 is 16.1. The molecular formula is C26H29FN6O. The van der Waals surface area contributed by atoms with E-state index in [0.717, 1.165) is 42.7 Å². The van der Waals surface area contributed by atoms with Gasteiger partial charge in [0.1, 0.15) is 0 Å². The number of carbonyl (C=O) groups is 1. The van der Waals surface area contributed by atoms with Crippen LogP contribution in [-0.4, -0.2) is 58.4 Å². The summed E-state index contributed by atoms with van der Waals surface area (Å²) in [6.07, 6.45) is 5.58. The first-order valence-corrected chi connectivity index (χ1v) is 11.6. The van der Waals surface area contributed by atoms with Crippen molar-refractivity contribution in [3.05, 3.63) is 65.5 Å². The minimum atomic E-state index is -0.485. The van der Waals surface area contributed by atoms with Gasteiger partial charge in [0.25, 0.3) is 5.91 Å². The quantitative estimate of drug-likeness (QED) is 0.488. The van der Waals surface area contributed by atoms with Crippen LogP contribution in [-0.2, 0) is 0 Å². The van der Waals surface area contributed by atoms with Crippen LogP contribution in [0.15, 0.2) is 42.7 Å². The highest BCUT2D eigenvalue weighted by Gasteiger charge is 2.23. The van der Waals surface area contributed by atoms with Crippen LogP contribution in [0.4, 0.5) is 15.8 Å². The zero-order chi connectivity index (χ0) is 24.0. The molecule has 0 spiro atoms. The molecule has 7 nitrogen and oxygen atoms in total. The Morgan fingerprint density at radius 3 is 2.56 bits per heavy atom. The normalized spacial score (nSPS) is 14.9. The molecule has 0 unspecified atom stereocenters. The number of hydrogen-bond donors (Lipinski definition) is 1. The highest BCUT2D eigenvalue weighted by atomic mass is 19.1. The Kier molecular flexibility index (Phi) is 5.69. The molecule has 3 aromatic heterocycles. The van der Waals surface area contributed by atoms with Crippen LogP contribution in [0.25, 0.3) is 16.6 Å². The maximum atomic E-state index is 14.5. The van der Waals surface area contributed by atoms with Gasteiger partial charge in [-0.1, -0.05) is 0 Å². The Morgan fingerprint density at radius 2 is 1.82 bits per heavy atom. The summed E-state index contributed by atoms with van der Waals surface area (Å²) in [4.78, 5) is 26.8. The highest BCUT2D eigenvalue weighted by Crippen LogP contribution is 2.32. The van der Waals surface area contributed by atoms with E-state index in [2.05, 4.69) is 34.2 Å². The molecule has 0 saturated carbocycles. The van der Waals surface area contributed by atoms with Crippen molar-refractivity contribution in [2.24, 2.45) is 0 Å². The first-order valence-electron chi connectivity index (χ1n) is 11.6. The Hall–Kier alpha value is -3.52. The molecule has 1 N–H and O–H groups in total. The maximum Gasteiger partial charge on any atom is 0.257 e. The number of nitrogens with one attached hydrogen (secondary N) is 1. The molecule has 0 atom stereocenters. The molecule has 1 aromatic carbocycles. The number of imidazole rings is 1. The lowest BCUT2D eigenvalue weighted by atomic mass is 10.0. The van der Waals surface area contributed by atoms with Gasteiger partial charge in [0, 0.05) is 54.4 Å². The largest absolute Gasteiger partial charge is 0.371 e. The van der Waals surface area contributed by atoms with Gasteiger partial charge in [-0.2, -0.15) is 0 Å². The van der Waals surface area contributed by atoms with Gasteiger partial charge in [-0.05, 0) is 65.0 Å². The van der Waals surface area contributed by atoms with Crippen LogP contribution in [0, 0.1) is 19.7 Å². The second kappa shape index (κ2) is 8.68. The minimum absolute atomic E-state index is 0.237. The zero-order valence-electron chi connectivity index (χ0n) is 20.0. The van der Waals surface area contributed by atoms with E-state index < -0.39 is 5.82 Å². The molecule has 8 heteroatoms. The number of anilines is 2. The van der Waals surface area contributed by atoms with Crippen molar-refractivity contribution in [1.82, 2.24) is 19.3 Å². The maximum absolute atomic E-state index is 14.5. The zero-order valence-corrected chi connectivity index (χ0v) is 20.0. The average molecular weight is 461 g/mol. The third-order valence-corrected chi connectivity index (χ3v) is 6.64. The third kappa shape index (κ3) is 4.09. The molecule has 1 aliphatic heterocycles. The summed E-state index contributed by atoms with van der Waals surface area (Å²) in [5.41, 5.74) is 4.36. The van der Waals surface area contributed by atoms with E-state index >= 15 is 0 Å². The fourth-order valence-electron chi connectivity index (χ4n) is 4.83. The number of piperidine rings is 1. The van der Waals surface area contributed by atoms with Crippen LogP contribution < -0.4 is 10.2 Å². The van der Waals surface area contributed by atoms with Gasteiger partial charge < -0.3 is 19.5 Å². The van der Waals surface area contributed by atoms with Crippen molar-refractivity contribution in [3.8, 4) is 0 Å². The second-order valence-corrected chi connectivity index (χ2v) is 9.31. The predicted octanol–water partition coefficient (Wildman–Crippen LogP) is 4.42. The van der Waals surface area contributed by atoms with Crippen LogP contribution in [0.3, 0.4) is 0 Å². The molecule has 4 aromatic rings. The number of nitrogens with zero attached hydrogens (tertiary/aromatic N) is 5. The number of halogens is 1. The Bertz CT molecular complexity index is 1390. The molecule has 0 aliphatic carbocycles. The van der Waals surface area contributed by atoms with Gasteiger partial charge in [0.05, 0.1) is 22.5 Å². The standard InChI is InChI=1S/C26H29FN6O/c1-16-5-6-20-23(32-11-9-19(10-12-32)31(3)4)8-7-21(24(20)28-16)26(34)30-18-13-22(27)25-29-17(2)14-33(25)15-18/h5-8,13-15,19H,9-12H2,1-4H3,(H,30,34). The third-order valence-electron chi connectivity index (χ3n) is 6.64. The molecule has 4 heterocycles. The number of aromatic nitrogens is 3. The molecule has 176 valence electrons. The number of rotatable bonds is 4. The Morgan fingerprint density at radius 1 is 1.06 bits per heavy atom. The van der Waals surface area contributed by atoms with Gasteiger partial charge in [0.2, 0.25) is 0 Å². The summed E-state index contributed by atoms with van der Waals surface area (Å²) in [5, 5.41) is 3.79. The summed E-state index contributed by atoms with van der Waals surface area (Å²) >= 11 is 0. The summed E-state index contributed by atoms with van der Waals surface area (Å²) in [5.74, 6) is -0.808. The van der Waals surface area contributed by atoms with E-state index in [1.54, 1.807) is 23.7 Å². The average Bonchev–Trinajstić information content (AvgIpc) is 3.19. The van der Waals surface area contributed by atoms with E-state index in [-0.39, 0.29) is 11.6 Å². The number of fused-ring (bicyclic) bond motifs is 2. The van der Waals surface area contributed by atoms with E-state index in [1.807, 2.05) is 31.2 Å². The molecule has 5 rings (SSSR count). The van der Waals surface area contributed by atoms with Gasteiger partial charge in [0.15, 0.2) is 11.5 Å². The molecular weight excluding hydrogens is 431 g/mol. The Balaban J connectivity index is 1.47. The van der Waals surface area contributed by atoms with Gasteiger partial charge in [-0.15, -0.1) is 0 Å². The van der Waals surface area contributed by atoms with Crippen molar-refractivity contribution in [2.75, 3.05) is 37.4 Å². The molecule has 1 fully saturated rings. The lowest BCUT2D eigenvalue weighted by Gasteiger charge is -2.37. The van der Waals surface area contributed by atoms with Gasteiger partial charge in [-0.25, -0.2) is 9.37 Å². The fraction of sp³-hybridized carbons (Fsp3) is 0.346. The van der Waals surface area contributed by atoms with Gasteiger partial charge in [-0.3, -0.25) is 9.78 Å². The number of pyridine rings is 2. The number of aryl methyl sites for hydroxylation is 2. The highest BCUT2D eigenvalue weighted by molar-refractivity contribution is 6.14. The smallest absolute Gasteiger partial charge is 0.257 e. The van der Waals surface area contributed by atoms with Crippen LogP contribution in [0.5, 0.6) is 0 Å². The lowest BCUT2D eigenvalue weighted by Crippen LogP contribution is -2.42. The van der Waals surface area contributed by atoms with Crippen molar-refractivity contribution < 1.29 is 9.18 Å². The first-order chi connectivity index (χ1) is 16.3. The summed E-state index contributed by atoms with van der Waals surface area (Å²) in [6, 6.07) is 9.74. The van der Waals surface area contributed by atoms with Crippen LogP contribution in [0.2, 0.25) is 0 Å². The minimum Gasteiger partial charge on any atom is -0.371 e. The van der Waals surface area contributed by atoms with Crippen LogP contribution in [0.1, 0.15) is 34.6 Å². The van der Waals surface area contributed by atoms with E-state index in [9.17, 15) is 9.18 Å². The fourth-order valence-corrected chi connectivity index (χ4v) is 4.83. The topological polar surface area (TPSA) is 65.8 Å². The molecule has 0 radical (unpaired) electrons. The lowest BCUT2D eigenvalue weighted by molar-refractivity contribution is 0.102. The predicted molar refractivity (Wildman–Crippen MR) is 133 cm³/mol. The molecule has 1 amide bonds. The Labute approximate surface area is 198 Å². The van der Waals surface area contributed by atoms with E-state index in [0.29, 0.717) is 28.5 Å². The molecule has 1 aliphatic rings. The number of benzene rings is 1. The van der Waals surface area contributed by atoms with E-state index in [1.165, 1.54) is 6.07 Å². The van der Waals surface area contributed by atoms with Crippen molar-refractivity contribution in [2.45, 2.75) is 32.7 Å². The first kappa shape index (κ1) is 22.3. The van der Waals surface area contributed by atoms with Crippen molar-refractivity contribution in [3.63, 3.8) is 0 Å². The number of carbonyl (C=O) groups excluding carboxylic acids is 1. The molecule has 0 bridgehead atoms. The summed E-state index contributed by atoms with van der Waals surface area (Å²) in [7, 11) is 4.26. The van der Waals surface area contributed by atoms with E-state index in [4.69, 9.17) is 4.98 Å².